The van der Waals surface area contributed by atoms with Gasteiger partial charge in [-0.1, -0.05) is 44.9 Å². The zero-order valence-corrected chi connectivity index (χ0v) is 28.4. The van der Waals surface area contributed by atoms with E-state index in [0.717, 1.165) is 19.2 Å². The molecule has 1 fully saturated rings. The van der Waals surface area contributed by atoms with Crippen LogP contribution >= 0.6 is 7.75 Å². The van der Waals surface area contributed by atoms with Crippen molar-refractivity contribution >= 4 is 37.0 Å². The van der Waals surface area contributed by atoms with Gasteiger partial charge in [0.1, 0.15) is 55.1 Å². The molecule has 18 nitrogen and oxygen atoms in total. The average molecular weight is 719 g/mol. The molecule has 2 aromatic heterocycles. The van der Waals surface area contributed by atoms with Crippen LogP contribution in [0.25, 0.3) is 5.52 Å². The Morgan fingerprint density at radius 1 is 1.18 bits per heavy atom. The zero-order chi connectivity index (χ0) is 36.5. The number of ether oxygens (including phenoxy) is 4. The van der Waals surface area contributed by atoms with Crippen molar-refractivity contribution in [2.75, 3.05) is 32.2 Å². The minimum Gasteiger partial charge on any atom is -0.480 e. The van der Waals surface area contributed by atoms with Crippen LogP contribution in [-0.4, -0.2) is 93.5 Å². The van der Waals surface area contributed by atoms with Gasteiger partial charge < -0.3 is 39.4 Å². The summed E-state index contributed by atoms with van der Waals surface area (Å²) in [4.78, 5) is 40.3. The van der Waals surface area contributed by atoms with Crippen LogP contribution in [0.15, 0.2) is 48.8 Å². The summed E-state index contributed by atoms with van der Waals surface area (Å²) in [6.45, 7) is 3.13. The number of aliphatic carboxylic acids is 1. The number of anilines is 1. The van der Waals surface area contributed by atoms with Crippen molar-refractivity contribution in [1.29, 1.82) is 5.26 Å². The number of nitrogen functional groups attached to an aromatic ring is 1. The molecule has 0 saturated carbocycles. The van der Waals surface area contributed by atoms with Crippen LogP contribution in [0.5, 0.6) is 5.75 Å². The fraction of sp³-hybridized carbons (Fsp3) is 0.484. The van der Waals surface area contributed by atoms with Gasteiger partial charge in [-0.25, -0.2) is 23.7 Å². The van der Waals surface area contributed by atoms with Crippen molar-refractivity contribution in [2.45, 2.75) is 63.6 Å². The number of aliphatic hydroxyl groups is 1. The first kappa shape index (κ1) is 38.2. The van der Waals surface area contributed by atoms with E-state index in [1.165, 1.54) is 35.7 Å². The van der Waals surface area contributed by atoms with Gasteiger partial charge in [-0.05, 0) is 37.1 Å². The van der Waals surface area contributed by atoms with Gasteiger partial charge in [0.05, 0.1) is 18.9 Å². The molecule has 50 heavy (non-hydrogen) atoms. The molecule has 1 saturated heterocycles. The SMILES string of the molecule is CCC(CC)COC(=O)[C@H](C)N[P@](=O)(OC[C@H]1O[C@@](C#N)(c2ccc3c(N)ncnn23)[C@H](O)[C@@H]1OC(=O)COCC(=O)O)Oc1ccccc1. The molecule has 0 radical (unpaired) electrons. The summed E-state index contributed by atoms with van der Waals surface area (Å²) in [6.07, 6.45) is -2.40. The average Bonchev–Trinajstić information content (AvgIpc) is 3.64. The van der Waals surface area contributed by atoms with Crippen molar-refractivity contribution in [1.82, 2.24) is 19.7 Å². The van der Waals surface area contributed by atoms with Crippen LogP contribution in [-0.2, 0) is 48.0 Å². The number of carbonyl (C=O) groups excluding carboxylic acids is 2. The molecule has 0 spiro atoms. The van der Waals surface area contributed by atoms with E-state index in [-0.39, 0.29) is 35.3 Å². The van der Waals surface area contributed by atoms with Crippen LogP contribution < -0.4 is 15.3 Å². The Kier molecular flexibility index (Phi) is 12.9. The number of carbonyl (C=O) groups is 3. The van der Waals surface area contributed by atoms with E-state index >= 15 is 0 Å². The molecule has 3 heterocycles. The maximum atomic E-state index is 14.2. The highest BCUT2D eigenvalue weighted by Crippen LogP contribution is 2.47. The molecule has 1 aliphatic rings. The van der Waals surface area contributed by atoms with Gasteiger partial charge >= 0.3 is 25.7 Å². The topological polar surface area (TPSA) is 256 Å². The second-order valence-electron chi connectivity index (χ2n) is 11.3. The number of hydrogen-bond acceptors (Lipinski definition) is 15. The number of aliphatic hydroxyl groups excluding tert-OH is 1. The molecule has 4 rings (SSSR count). The zero-order valence-electron chi connectivity index (χ0n) is 27.5. The number of nitrogens with one attached hydrogen (secondary N) is 1. The smallest absolute Gasteiger partial charge is 0.459 e. The molecule has 1 aromatic carbocycles. The van der Waals surface area contributed by atoms with Gasteiger partial charge in [0.2, 0.25) is 5.60 Å². The maximum Gasteiger partial charge on any atom is 0.459 e. The van der Waals surface area contributed by atoms with E-state index in [2.05, 4.69) is 15.2 Å². The summed E-state index contributed by atoms with van der Waals surface area (Å²) in [5.74, 6) is -2.87. The number of fused-ring (bicyclic) bond motifs is 1. The molecule has 3 aromatic rings. The number of carboxylic acids is 1. The summed E-state index contributed by atoms with van der Waals surface area (Å²) >= 11 is 0. The number of benzene rings is 1. The summed E-state index contributed by atoms with van der Waals surface area (Å²) in [5.41, 5.74) is 3.95. The number of hydrogen-bond donors (Lipinski definition) is 4. The van der Waals surface area contributed by atoms with Crippen molar-refractivity contribution in [3.05, 3.63) is 54.5 Å². The fourth-order valence-electron chi connectivity index (χ4n) is 5.10. The van der Waals surface area contributed by atoms with Gasteiger partial charge in [0.15, 0.2) is 11.9 Å². The molecule has 19 heteroatoms. The number of para-hydroxylation sites is 1. The van der Waals surface area contributed by atoms with Crippen LogP contribution in [0.1, 0.15) is 39.3 Å². The second-order valence-corrected chi connectivity index (χ2v) is 13.0. The fourth-order valence-corrected chi connectivity index (χ4v) is 6.61. The molecule has 1 aliphatic heterocycles. The van der Waals surface area contributed by atoms with E-state index in [4.69, 9.17) is 38.8 Å². The first-order chi connectivity index (χ1) is 23.9. The lowest BCUT2D eigenvalue weighted by molar-refractivity contribution is -0.163. The predicted octanol–water partition coefficient (Wildman–Crippen LogP) is 1.96. The highest BCUT2D eigenvalue weighted by molar-refractivity contribution is 7.52. The van der Waals surface area contributed by atoms with Crippen LogP contribution in [0, 0.1) is 17.2 Å². The number of nitriles is 1. The number of carboxylic acid groups (broad SMARTS) is 1. The highest BCUT2D eigenvalue weighted by atomic mass is 31.2. The molecule has 5 N–H and O–H groups in total. The van der Waals surface area contributed by atoms with Crippen molar-refractivity contribution < 1.29 is 57.2 Å². The molecule has 0 amide bonds. The lowest BCUT2D eigenvalue weighted by atomic mass is 9.92. The Morgan fingerprint density at radius 2 is 1.90 bits per heavy atom. The summed E-state index contributed by atoms with van der Waals surface area (Å²) in [5, 5.41) is 37.5. The number of nitrogens with two attached hydrogens (primary N) is 1. The molecule has 0 unspecified atom stereocenters. The predicted molar refractivity (Wildman–Crippen MR) is 172 cm³/mol. The summed E-state index contributed by atoms with van der Waals surface area (Å²) in [6, 6.07) is 11.5. The Morgan fingerprint density at radius 3 is 2.56 bits per heavy atom. The molecule has 6 atom stereocenters. The molecule has 270 valence electrons. The van der Waals surface area contributed by atoms with Gasteiger partial charge in [0.25, 0.3) is 0 Å². The first-order valence-electron chi connectivity index (χ1n) is 15.6. The highest BCUT2D eigenvalue weighted by Gasteiger charge is 2.60. The number of nitrogens with zero attached hydrogens (tertiary/aromatic N) is 4. The number of rotatable bonds is 18. The molecular weight excluding hydrogens is 679 g/mol. The van der Waals surface area contributed by atoms with Gasteiger partial charge in [-0.15, -0.1) is 0 Å². The van der Waals surface area contributed by atoms with E-state index in [1.54, 1.807) is 18.2 Å². The van der Waals surface area contributed by atoms with Gasteiger partial charge in [-0.2, -0.15) is 15.4 Å². The molecular formula is C31H39N6O12P. The monoisotopic (exact) mass is 718 g/mol. The van der Waals surface area contributed by atoms with Crippen LogP contribution in [0.4, 0.5) is 5.82 Å². The van der Waals surface area contributed by atoms with Crippen molar-refractivity contribution in [3.8, 4) is 11.8 Å². The minimum atomic E-state index is -4.50. The number of esters is 2. The maximum absolute atomic E-state index is 14.2. The van der Waals surface area contributed by atoms with Crippen molar-refractivity contribution in [3.63, 3.8) is 0 Å². The summed E-state index contributed by atoms with van der Waals surface area (Å²) < 4.78 is 48.6. The molecule has 0 bridgehead atoms. The van der Waals surface area contributed by atoms with Gasteiger partial charge in [-0.3, -0.25) is 9.32 Å². The van der Waals surface area contributed by atoms with Crippen LogP contribution in [0.3, 0.4) is 0 Å². The Labute approximate surface area is 286 Å². The summed E-state index contributed by atoms with van der Waals surface area (Å²) in [7, 11) is -4.50. The van der Waals surface area contributed by atoms with E-state index in [1.807, 2.05) is 19.9 Å². The van der Waals surface area contributed by atoms with Gasteiger partial charge in [0, 0.05) is 0 Å². The van der Waals surface area contributed by atoms with E-state index < -0.39 is 75.4 Å². The first-order valence-corrected chi connectivity index (χ1v) is 17.2. The second kappa shape index (κ2) is 16.9. The quantitative estimate of drug-likeness (QED) is 0.108. The minimum absolute atomic E-state index is 0.0158. The van der Waals surface area contributed by atoms with E-state index in [0.29, 0.717) is 0 Å². The third-order valence-corrected chi connectivity index (χ3v) is 9.52. The van der Waals surface area contributed by atoms with Crippen LogP contribution in [0.2, 0.25) is 0 Å². The molecule has 0 aliphatic carbocycles. The largest absolute Gasteiger partial charge is 0.480 e. The normalized spacial score (nSPS) is 22.0. The third-order valence-electron chi connectivity index (χ3n) is 7.87. The Hall–Kier alpha value is -4.63. The number of aromatic nitrogens is 3. The lowest BCUT2D eigenvalue weighted by Gasteiger charge is -2.26. The Bertz CT molecular complexity index is 1730. The standard InChI is InChI=1S/C31H39N6O12P/c1-4-20(5-2)13-45-30(42)19(3)36-50(43,49-21-9-7-6-8-10-21)46-14-23-27(47-26(40)16-44-15-25(38)39)28(41)31(17-32,48-23)24-12-11-22-29(33)34-18-35-37(22)24/h6-12,18-20,23,27-28,41H,4-5,13-16H2,1-3H3,(H,36,43)(H,38,39)(H2,33,34,35)/t19-,23+,27+,28+,31-,50-/m0/s1. The Balaban J connectivity index is 1.63. The van der Waals surface area contributed by atoms with E-state index in [9.17, 15) is 29.3 Å². The lowest BCUT2D eigenvalue weighted by Crippen LogP contribution is -2.43. The third kappa shape index (κ3) is 8.93. The van der Waals surface area contributed by atoms with Crippen molar-refractivity contribution in [2.24, 2.45) is 5.92 Å².